The lowest BCUT2D eigenvalue weighted by molar-refractivity contribution is 0.233. The van der Waals surface area contributed by atoms with Gasteiger partial charge in [-0.25, -0.2) is 9.37 Å². The van der Waals surface area contributed by atoms with Crippen LogP contribution in [0.4, 0.5) is 10.2 Å². The molecular formula is C15H17FN2O. The molecule has 1 aromatic heterocycles. The van der Waals surface area contributed by atoms with E-state index in [-0.39, 0.29) is 11.9 Å². The molecule has 100 valence electrons. The Kier molecular flexibility index (Phi) is 4.34. The van der Waals surface area contributed by atoms with E-state index in [9.17, 15) is 4.39 Å². The first-order valence-electron chi connectivity index (χ1n) is 6.23. The van der Waals surface area contributed by atoms with Gasteiger partial charge in [0.05, 0.1) is 6.54 Å². The molecule has 4 heteroatoms. The Morgan fingerprint density at radius 1 is 1.26 bits per heavy atom. The predicted octanol–water partition coefficient (Wildman–Crippen LogP) is 3.41. The zero-order valence-corrected chi connectivity index (χ0v) is 11.1. The number of nitrogens with zero attached hydrogens (tertiary/aromatic N) is 1. The van der Waals surface area contributed by atoms with E-state index in [1.165, 1.54) is 12.1 Å². The number of nitrogens with one attached hydrogen (secondary N) is 1. The van der Waals surface area contributed by atoms with E-state index in [2.05, 4.69) is 10.3 Å². The molecule has 0 aliphatic heterocycles. The van der Waals surface area contributed by atoms with Crippen molar-refractivity contribution in [2.24, 2.45) is 0 Å². The van der Waals surface area contributed by atoms with Gasteiger partial charge in [0, 0.05) is 11.8 Å². The summed E-state index contributed by atoms with van der Waals surface area (Å²) in [7, 11) is 0. The van der Waals surface area contributed by atoms with Crippen molar-refractivity contribution in [3.05, 3.63) is 54.0 Å². The van der Waals surface area contributed by atoms with Crippen molar-refractivity contribution in [2.75, 3.05) is 11.9 Å². The minimum atomic E-state index is -0.294. The average Bonchev–Trinajstić information content (AvgIpc) is 2.36. The summed E-state index contributed by atoms with van der Waals surface area (Å²) < 4.78 is 18.6. The zero-order valence-electron chi connectivity index (χ0n) is 11.1. The maximum atomic E-state index is 13.0. The van der Waals surface area contributed by atoms with Crippen LogP contribution in [-0.4, -0.2) is 17.6 Å². The van der Waals surface area contributed by atoms with Crippen molar-refractivity contribution >= 4 is 5.82 Å². The van der Waals surface area contributed by atoms with Crippen LogP contribution in [0.5, 0.6) is 5.75 Å². The van der Waals surface area contributed by atoms with E-state index >= 15 is 0 Å². The summed E-state index contributed by atoms with van der Waals surface area (Å²) in [6, 6.07) is 11.9. The molecule has 0 aliphatic carbocycles. The molecule has 0 aliphatic rings. The summed E-state index contributed by atoms with van der Waals surface area (Å²) in [4.78, 5) is 4.34. The van der Waals surface area contributed by atoms with Gasteiger partial charge in [-0.2, -0.15) is 0 Å². The third-order valence-corrected chi connectivity index (χ3v) is 2.59. The van der Waals surface area contributed by atoms with Gasteiger partial charge >= 0.3 is 0 Å². The van der Waals surface area contributed by atoms with Crippen LogP contribution >= 0.6 is 0 Å². The van der Waals surface area contributed by atoms with Gasteiger partial charge in [-0.05, 0) is 38.1 Å². The lowest BCUT2D eigenvalue weighted by Gasteiger charge is -2.16. The fourth-order valence-electron chi connectivity index (χ4n) is 1.70. The number of benzene rings is 1. The molecule has 0 fully saturated rings. The summed E-state index contributed by atoms with van der Waals surface area (Å²) in [6.07, 6.45) is -0.0795. The quantitative estimate of drug-likeness (QED) is 0.894. The minimum absolute atomic E-state index is 0.0795. The Hall–Kier alpha value is -2.10. The molecule has 1 N–H and O–H groups in total. The molecule has 0 radical (unpaired) electrons. The molecule has 3 nitrogen and oxygen atoms in total. The number of halogens is 1. The van der Waals surface area contributed by atoms with Crippen molar-refractivity contribution in [3.63, 3.8) is 0 Å². The highest BCUT2D eigenvalue weighted by Gasteiger charge is 2.05. The molecule has 0 saturated heterocycles. The van der Waals surface area contributed by atoms with Gasteiger partial charge in [0.1, 0.15) is 23.5 Å². The van der Waals surface area contributed by atoms with Gasteiger partial charge < -0.3 is 10.1 Å². The van der Waals surface area contributed by atoms with Crippen molar-refractivity contribution in [2.45, 2.75) is 20.0 Å². The largest absolute Gasteiger partial charge is 0.489 e. The van der Waals surface area contributed by atoms with Crippen molar-refractivity contribution in [3.8, 4) is 5.75 Å². The van der Waals surface area contributed by atoms with E-state index in [1.54, 1.807) is 12.1 Å². The number of aryl methyl sites for hydroxylation is 1. The van der Waals surface area contributed by atoms with Crippen LogP contribution in [0.1, 0.15) is 12.6 Å². The lowest BCUT2D eigenvalue weighted by atomic mass is 10.3. The summed E-state index contributed by atoms with van der Waals surface area (Å²) in [5.41, 5.74) is 0.962. The summed E-state index contributed by atoms with van der Waals surface area (Å²) in [5, 5.41) is 3.19. The van der Waals surface area contributed by atoms with E-state index in [0.717, 1.165) is 11.5 Å². The zero-order chi connectivity index (χ0) is 13.7. The maximum absolute atomic E-state index is 13.0. The molecule has 1 heterocycles. The number of hydrogen-bond donors (Lipinski definition) is 1. The molecule has 19 heavy (non-hydrogen) atoms. The van der Waals surface area contributed by atoms with Gasteiger partial charge in [0.15, 0.2) is 0 Å². The Morgan fingerprint density at radius 2 is 2.05 bits per heavy atom. The second kappa shape index (κ2) is 6.18. The number of aromatic nitrogens is 1. The summed E-state index contributed by atoms with van der Waals surface area (Å²) in [6.45, 7) is 4.47. The van der Waals surface area contributed by atoms with Crippen LogP contribution in [0.3, 0.4) is 0 Å². The molecule has 1 aromatic carbocycles. The normalized spacial score (nSPS) is 11.9. The SMILES string of the molecule is Cc1cccc(NCC(C)Oc2cccc(F)c2)n1. The molecule has 0 saturated carbocycles. The Balaban J connectivity index is 1.86. The molecule has 0 spiro atoms. The summed E-state index contributed by atoms with van der Waals surface area (Å²) in [5.74, 6) is 1.05. The molecular weight excluding hydrogens is 243 g/mol. The van der Waals surface area contributed by atoms with Crippen LogP contribution in [0.25, 0.3) is 0 Å². The third kappa shape index (κ3) is 4.25. The first-order valence-corrected chi connectivity index (χ1v) is 6.23. The number of hydrogen-bond acceptors (Lipinski definition) is 3. The Labute approximate surface area is 112 Å². The van der Waals surface area contributed by atoms with E-state index in [0.29, 0.717) is 12.3 Å². The van der Waals surface area contributed by atoms with Crippen LogP contribution in [0.15, 0.2) is 42.5 Å². The molecule has 2 aromatic rings. The highest BCUT2D eigenvalue weighted by atomic mass is 19.1. The first kappa shape index (κ1) is 13.3. The van der Waals surface area contributed by atoms with Crippen LogP contribution in [-0.2, 0) is 0 Å². The third-order valence-electron chi connectivity index (χ3n) is 2.59. The maximum Gasteiger partial charge on any atom is 0.126 e. The Bertz CT molecular complexity index is 545. The average molecular weight is 260 g/mol. The van der Waals surface area contributed by atoms with Crippen molar-refractivity contribution in [1.82, 2.24) is 4.98 Å². The van der Waals surface area contributed by atoms with E-state index in [1.807, 2.05) is 32.0 Å². The topological polar surface area (TPSA) is 34.1 Å². The summed E-state index contributed by atoms with van der Waals surface area (Å²) >= 11 is 0. The van der Waals surface area contributed by atoms with Crippen LogP contribution in [0, 0.1) is 12.7 Å². The van der Waals surface area contributed by atoms with Crippen molar-refractivity contribution < 1.29 is 9.13 Å². The number of pyridine rings is 1. The Morgan fingerprint density at radius 3 is 2.79 bits per heavy atom. The number of rotatable bonds is 5. The predicted molar refractivity (Wildman–Crippen MR) is 74.0 cm³/mol. The molecule has 1 unspecified atom stereocenters. The fourth-order valence-corrected chi connectivity index (χ4v) is 1.70. The minimum Gasteiger partial charge on any atom is -0.489 e. The molecule has 2 rings (SSSR count). The van der Waals surface area contributed by atoms with Crippen LogP contribution < -0.4 is 10.1 Å². The standard InChI is InChI=1S/C15H17FN2O/c1-11-5-3-8-15(18-11)17-10-12(2)19-14-7-4-6-13(16)9-14/h3-9,12H,10H2,1-2H3,(H,17,18). The second-order valence-corrected chi connectivity index (χ2v) is 4.43. The molecule has 0 amide bonds. The van der Waals surface area contributed by atoms with Gasteiger partial charge in [0.25, 0.3) is 0 Å². The fraction of sp³-hybridized carbons (Fsp3) is 0.267. The highest BCUT2D eigenvalue weighted by Crippen LogP contribution is 2.14. The van der Waals surface area contributed by atoms with Gasteiger partial charge in [-0.1, -0.05) is 12.1 Å². The lowest BCUT2D eigenvalue weighted by Crippen LogP contribution is -2.23. The van der Waals surface area contributed by atoms with Gasteiger partial charge in [-0.3, -0.25) is 0 Å². The highest BCUT2D eigenvalue weighted by molar-refractivity contribution is 5.35. The van der Waals surface area contributed by atoms with Gasteiger partial charge in [-0.15, -0.1) is 0 Å². The van der Waals surface area contributed by atoms with Crippen LogP contribution in [0.2, 0.25) is 0 Å². The monoisotopic (exact) mass is 260 g/mol. The van der Waals surface area contributed by atoms with Crippen molar-refractivity contribution in [1.29, 1.82) is 0 Å². The first-order chi connectivity index (χ1) is 9.13. The number of ether oxygens (including phenoxy) is 1. The second-order valence-electron chi connectivity index (χ2n) is 4.43. The van der Waals surface area contributed by atoms with E-state index < -0.39 is 0 Å². The number of anilines is 1. The van der Waals surface area contributed by atoms with E-state index in [4.69, 9.17) is 4.74 Å². The molecule has 0 bridgehead atoms. The smallest absolute Gasteiger partial charge is 0.126 e. The van der Waals surface area contributed by atoms with Gasteiger partial charge in [0.2, 0.25) is 0 Å². The molecule has 1 atom stereocenters.